The molecule has 6 nitrogen and oxygen atoms in total. The summed E-state index contributed by atoms with van der Waals surface area (Å²) in [6.45, 7) is 6.64. The standard InChI is InChI=1S/C25H28ClN3O3/c1-24(2,3)17-13-18(15-8-7-9-16(26)12-15)27-19-14-20(32-21(17)19)22(30)29-11-10-28(6)23(31)25(29,4)5/h7-9,12-14H,10-11H2,1-6H3/i6D3. The molecule has 0 bridgehead atoms. The van der Waals surface area contributed by atoms with Crippen molar-refractivity contribution in [2.75, 3.05) is 20.1 Å². The highest BCUT2D eigenvalue weighted by atomic mass is 35.5. The molecule has 0 spiro atoms. The third-order valence-corrected chi connectivity index (χ3v) is 6.09. The molecule has 0 radical (unpaired) electrons. The van der Waals surface area contributed by atoms with E-state index in [-0.39, 0.29) is 24.3 Å². The van der Waals surface area contributed by atoms with Crippen LogP contribution in [-0.2, 0) is 10.2 Å². The van der Waals surface area contributed by atoms with E-state index in [9.17, 15) is 9.59 Å². The highest BCUT2D eigenvalue weighted by molar-refractivity contribution is 6.30. The lowest BCUT2D eigenvalue weighted by Gasteiger charge is -2.44. The Morgan fingerprint density at radius 3 is 2.62 bits per heavy atom. The van der Waals surface area contributed by atoms with E-state index >= 15 is 0 Å². The van der Waals surface area contributed by atoms with Crippen LogP contribution in [-0.4, -0.2) is 52.2 Å². The third-order valence-electron chi connectivity index (χ3n) is 5.85. The predicted octanol–water partition coefficient (Wildman–Crippen LogP) is 5.14. The number of aromatic nitrogens is 1. The second-order valence-electron chi connectivity index (χ2n) is 9.61. The number of amides is 2. The number of nitrogens with zero attached hydrogens (tertiary/aromatic N) is 3. The summed E-state index contributed by atoms with van der Waals surface area (Å²) in [7, 11) is 0. The van der Waals surface area contributed by atoms with Crippen LogP contribution in [0.3, 0.4) is 0 Å². The fourth-order valence-corrected chi connectivity index (χ4v) is 4.19. The van der Waals surface area contributed by atoms with Crippen molar-refractivity contribution < 1.29 is 18.1 Å². The number of carbonyl (C=O) groups excluding carboxylic acids is 2. The van der Waals surface area contributed by atoms with Gasteiger partial charge >= 0.3 is 0 Å². The first-order chi connectivity index (χ1) is 16.1. The quantitative estimate of drug-likeness (QED) is 0.535. The highest BCUT2D eigenvalue weighted by Crippen LogP contribution is 2.36. The molecule has 168 valence electrons. The number of rotatable bonds is 2. The molecule has 2 aromatic heterocycles. The first-order valence-corrected chi connectivity index (χ1v) is 10.8. The summed E-state index contributed by atoms with van der Waals surface area (Å²) in [5, 5.41) is 0.591. The van der Waals surface area contributed by atoms with E-state index in [4.69, 9.17) is 25.1 Å². The fourth-order valence-electron chi connectivity index (χ4n) is 4.00. The van der Waals surface area contributed by atoms with Gasteiger partial charge in [0.25, 0.3) is 5.91 Å². The second-order valence-corrected chi connectivity index (χ2v) is 10.0. The van der Waals surface area contributed by atoms with Crippen LogP contribution in [0.5, 0.6) is 0 Å². The van der Waals surface area contributed by atoms with Crippen LogP contribution < -0.4 is 0 Å². The topological polar surface area (TPSA) is 66.7 Å². The van der Waals surface area contributed by atoms with Gasteiger partial charge < -0.3 is 14.2 Å². The van der Waals surface area contributed by atoms with Crippen molar-refractivity contribution in [3.63, 3.8) is 0 Å². The summed E-state index contributed by atoms with van der Waals surface area (Å²) >= 11 is 6.19. The van der Waals surface area contributed by atoms with Gasteiger partial charge in [0.2, 0.25) is 5.91 Å². The van der Waals surface area contributed by atoms with Crippen molar-refractivity contribution in [3.8, 4) is 11.3 Å². The second kappa shape index (κ2) is 7.62. The number of piperazine rings is 1. The van der Waals surface area contributed by atoms with Crippen LogP contribution in [0.1, 0.15) is 54.8 Å². The van der Waals surface area contributed by atoms with E-state index in [0.717, 1.165) is 16.0 Å². The number of carbonyl (C=O) groups is 2. The van der Waals surface area contributed by atoms with Crippen molar-refractivity contribution in [2.45, 2.75) is 45.6 Å². The highest BCUT2D eigenvalue weighted by Gasteiger charge is 2.44. The maximum absolute atomic E-state index is 13.5. The first-order valence-electron chi connectivity index (χ1n) is 12.0. The van der Waals surface area contributed by atoms with E-state index in [0.29, 0.717) is 21.8 Å². The number of likely N-dealkylation sites (N-methyl/N-ethyl adjacent to an activating group) is 1. The van der Waals surface area contributed by atoms with Crippen molar-refractivity contribution in [1.29, 1.82) is 0 Å². The molecule has 7 heteroatoms. The lowest BCUT2D eigenvalue weighted by Crippen LogP contribution is -2.63. The van der Waals surface area contributed by atoms with Crippen molar-refractivity contribution >= 4 is 34.5 Å². The van der Waals surface area contributed by atoms with Gasteiger partial charge in [0.15, 0.2) is 11.3 Å². The van der Waals surface area contributed by atoms with E-state index in [1.807, 2.05) is 45.0 Å². The van der Waals surface area contributed by atoms with Crippen molar-refractivity contribution in [3.05, 3.63) is 52.7 Å². The van der Waals surface area contributed by atoms with Gasteiger partial charge in [0.05, 0.1) is 5.69 Å². The zero-order chi connectivity index (χ0) is 25.9. The molecule has 1 aliphatic heterocycles. The molecule has 2 amide bonds. The molecule has 0 unspecified atom stereocenters. The number of fused-ring (bicyclic) bond motifs is 1. The summed E-state index contributed by atoms with van der Waals surface area (Å²) in [5.74, 6) is -1.08. The van der Waals surface area contributed by atoms with Crippen LogP contribution in [0.2, 0.25) is 5.02 Å². The minimum Gasteiger partial charge on any atom is -0.449 e. The largest absolute Gasteiger partial charge is 0.449 e. The molecular formula is C25H28ClN3O3. The minimum atomic E-state index is -2.56. The van der Waals surface area contributed by atoms with Gasteiger partial charge in [-0.05, 0) is 37.5 Å². The summed E-state index contributed by atoms with van der Waals surface area (Å²) in [6.07, 6.45) is 0. The lowest BCUT2D eigenvalue weighted by molar-refractivity contribution is -0.144. The molecule has 0 N–H and O–H groups in total. The maximum Gasteiger partial charge on any atom is 0.290 e. The van der Waals surface area contributed by atoms with Gasteiger partial charge in [-0.15, -0.1) is 0 Å². The molecule has 3 heterocycles. The van der Waals surface area contributed by atoms with E-state index in [1.54, 1.807) is 26.0 Å². The molecule has 0 atom stereocenters. The van der Waals surface area contributed by atoms with E-state index in [2.05, 4.69) is 0 Å². The lowest BCUT2D eigenvalue weighted by atomic mass is 9.86. The van der Waals surface area contributed by atoms with Gasteiger partial charge in [-0.3, -0.25) is 9.59 Å². The summed E-state index contributed by atoms with van der Waals surface area (Å²) in [6, 6.07) is 10.9. The SMILES string of the molecule is [2H]C([2H])([2H])N1CCN(C(=O)c2cc3nc(-c4cccc(Cl)c4)cc(C(C)(C)C)c3o2)C(C)(C)C1=O. The first kappa shape index (κ1) is 18.7. The van der Waals surface area contributed by atoms with Gasteiger partial charge in [-0.25, -0.2) is 4.98 Å². The summed E-state index contributed by atoms with van der Waals surface area (Å²) < 4.78 is 29.0. The average Bonchev–Trinajstić information content (AvgIpc) is 3.17. The van der Waals surface area contributed by atoms with Gasteiger partial charge in [0.1, 0.15) is 11.1 Å². The molecule has 0 aliphatic carbocycles. The Labute approximate surface area is 197 Å². The molecular weight excluding hydrogens is 426 g/mol. The van der Waals surface area contributed by atoms with E-state index < -0.39 is 24.3 Å². The molecule has 1 saturated heterocycles. The van der Waals surface area contributed by atoms with Crippen LogP contribution in [0.4, 0.5) is 0 Å². The number of hydrogen-bond acceptors (Lipinski definition) is 4. The zero-order valence-electron chi connectivity index (χ0n) is 21.8. The fraction of sp³-hybridized carbons (Fsp3) is 0.400. The van der Waals surface area contributed by atoms with Gasteiger partial charge in [-0.1, -0.05) is 44.5 Å². The predicted molar refractivity (Wildman–Crippen MR) is 126 cm³/mol. The molecule has 3 aromatic rings. The Kier molecular flexibility index (Phi) is 4.45. The molecule has 4 rings (SSSR count). The maximum atomic E-state index is 13.5. The van der Waals surface area contributed by atoms with Gasteiger partial charge in [-0.2, -0.15) is 0 Å². The minimum absolute atomic E-state index is 0.0458. The van der Waals surface area contributed by atoms with Crippen LogP contribution in [0, 0.1) is 0 Å². The number of hydrogen-bond donors (Lipinski definition) is 0. The Morgan fingerprint density at radius 1 is 1.22 bits per heavy atom. The van der Waals surface area contributed by atoms with Crippen LogP contribution in [0.25, 0.3) is 22.4 Å². The normalized spacial score (nSPS) is 18.4. The zero-order valence-corrected chi connectivity index (χ0v) is 19.6. The Morgan fingerprint density at radius 2 is 1.97 bits per heavy atom. The summed E-state index contributed by atoms with van der Waals surface area (Å²) in [4.78, 5) is 33.4. The average molecular weight is 457 g/mol. The number of benzene rings is 1. The smallest absolute Gasteiger partial charge is 0.290 e. The molecule has 1 fully saturated rings. The Hall–Kier alpha value is -2.86. The molecule has 32 heavy (non-hydrogen) atoms. The monoisotopic (exact) mass is 456 g/mol. The third kappa shape index (κ3) is 3.77. The van der Waals surface area contributed by atoms with Crippen LogP contribution in [0.15, 0.2) is 40.8 Å². The summed E-state index contributed by atoms with van der Waals surface area (Å²) in [5.41, 5.74) is 1.76. The molecule has 1 aromatic carbocycles. The van der Waals surface area contributed by atoms with Gasteiger partial charge in [0, 0.05) is 46.4 Å². The number of pyridine rings is 1. The Bertz CT molecular complexity index is 1320. The van der Waals surface area contributed by atoms with Crippen LogP contribution >= 0.6 is 11.6 Å². The van der Waals surface area contributed by atoms with Crippen molar-refractivity contribution in [1.82, 2.24) is 14.8 Å². The molecule has 1 aliphatic rings. The van der Waals surface area contributed by atoms with Crippen molar-refractivity contribution in [2.24, 2.45) is 0 Å². The van der Waals surface area contributed by atoms with E-state index in [1.165, 1.54) is 4.90 Å². The number of halogens is 1. The number of furan rings is 1. The molecule has 0 saturated carbocycles. The Balaban J connectivity index is 1.78.